The minimum absolute atomic E-state index is 0. The van der Waals surface area contributed by atoms with Gasteiger partial charge in [0.25, 0.3) is 5.91 Å². The third-order valence-corrected chi connectivity index (χ3v) is 6.95. The summed E-state index contributed by atoms with van der Waals surface area (Å²) in [4.78, 5) is 23.2. The molecule has 5 rings (SSSR count). The maximum Gasteiger partial charge on any atom is 0.328 e. The average Bonchev–Trinajstić information content (AvgIpc) is 3.72. The van der Waals surface area contributed by atoms with E-state index < -0.39 is 17.9 Å². The Hall–Kier alpha value is -4.32. The Kier molecular flexibility index (Phi) is 23.2. The van der Waals surface area contributed by atoms with Crippen molar-refractivity contribution in [2.45, 2.75) is 52.1 Å². The highest BCUT2D eigenvalue weighted by atomic mass is 16.5. The van der Waals surface area contributed by atoms with Crippen LogP contribution >= 0.6 is 0 Å². The number of nitrogens with one attached hydrogen (secondary N) is 2. The van der Waals surface area contributed by atoms with E-state index in [-0.39, 0.29) is 35.1 Å². The predicted molar refractivity (Wildman–Crippen MR) is 194 cm³/mol. The van der Waals surface area contributed by atoms with Crippen LogP contribution in [0.15, 0.2) is 121 Å². The molecule has 0 unspecified atom stereocenters. The number of carbonyl (C=O) groups is 2. The van der Waals surface area contributed by atoms with Crippen molar-refractivity contribution in [2.24, 2.45) is 0 Å². The summed E-state index contributed by atoms with van der Waals surface area (Å²) in [5, 5.41) is 24.3. The lowest BCUT2D eigenvalue weighted by molar-refractivity contribution is -0.141. The molecule has 1 heterocycles. The van der Waals surface area contributed by atoms with Crippen LogP contribution in [0.5, 0.6) is 0 Å². The van der Waals surface area contributed by atoms with E-state index in [9.17, 15) is 19.8 Å². The fraction of sp³-hybridized carbons (Fsp3) is 0.333. The van der Waals surface area contributed by atoms with Gasteiger partial charge in [-0.1, -0.05) is 117 Å². The SMILES string of the molecule is C.C1CCOC1.O=C(N[C@H](COCc1ccccc1)C(=O)O)c1ccccc1.OC[C@@H](COCc1ccccc1)NCc1ccccc1.[B]. The molecule has 261 valence electrons. The quantitative estimate of drug-likeness (QED) is 0.123. The molecule has 1 amide bonds. The van der Waals surface area contributed by atoms with E-state index in [0.29, 0.717) is 25.4 Å². The molecule has 0 bridgehead atoms. The number of aliphatic hydroxyl groups excluding tert-OH is 1. The topological polar surface area (TPSA) is 126 Å². The van der Waals surface area contributed by atoms with Crippen molar-refractivity contribution in [1.29, 1.82) is 0 Å². The summed E-state index contributed by atoms with van der Waals surface area (Å²) in [5.74, 6) is -1.56. The van der Waals surface area contributed by atoms with E-state index in [1.54, 1.807) is 30.3 Å². The van der Waals surface area contributed by atoms with Gasteiger partial charge in [0, 0.05) is 33.7 Å². The number of hydrogen-bond acceptors (Lipinski definition) is 7. The average molecular weight is 670 g/mol. The molecule has 0 aliphatic carbocycles. The van der Waals surface area contributed by atoms with Crippen LogP contribution in [-0.2, 0) is 38.8 Å². The normalized spacial score (nSPS) is 12.7. The van der Waals surface area contributed by atoms with Crippen LogP contribution in [0.1, 0.15) is 47.3 Å². The summed E-state index contributed by atoms with van der Waals surface area (Å²) in [7, 11) is 0. The first-order valence-electron chi connectivity index (χ1n) is 15.8. The lowest BCUT2D eigenvalue weighted by atomic mass is 10.2. The Labute approximate surface area is 293 Å². The monoisotopic (exact) mass is 669 g/mol. The number of aliphatic hydroxyl groups is 1. The van der Waals surface area contributed by atoms with Crippen molar-refractivity contribution in [3.8, 4) is 0 Å². The first-order valence-corrected chi connectivity index (χ1v) is 15.8. The molecule has 9 nitrogen and oxygen atoms in total. The van der Waals surface area contributed by atoms with Crippen LogP contribution in [0.2, 0.25) is 0 Å². The second-order valence-electron chi connectivity index (χ2n) is 10.8. The van der Waals surface area contributed by atoms with Gasteiger partial charge in [0.15, 0.2) is 6.04 Å². The molecule has 4 N–H and O–H groups in total. The number of rotatable bonds is 15. The number of ether oxygens (including phenoxy) is 3. The lowest BCUT2D eigenvalue weighted by Gasteiger charge is -2.16. The maximum absolute atomic E-state index is 12.0. The summed E-state index contributed by atoms with van der Waals surface area (Å²) in [6, 6.07) is 37.0. The molecule has 4 aromatic carbocycles. The van der Waals surface area contributed by atoms with Crippen LogP contribution in [0, 0.1) is 0 Å². The highest BCUT2D eigenvalue weighted by Gasteiger charge is 2.20. The third kappa shape index (κ3) is 18.7. The molecule has 2 atom stereocenters. The largest absolute Gasteiger partial charge is 0.480 e. The Morgan fingerprint density at radius 2 is 1.14 bits per heavy atom. The van der Waals surface area contributed by atoms with Crippen molar-refractivity contribution in [1.82, 2.24) is 10.6 Å². The standard InChI is InChI=1S/C17H17NO4.C17H21NO2.C4H8O.CH4.B/c19-16(14-9-5-2-6-10-14)18-15(17(20)21)12-22-11-13-7-3-1-4-8-13;19-12-17(18-11-15-7-3-1-4-8-15)14-20-13-16-9-5-2-6-10-16;1-2-4-5-3-1;;/h1-10,15H,11-12H2,(H,18,19)(H,20,21);1-10,17-19H,11-14H2;1-4H2;1H4;/t15-;17-;;;/m10.../s1. The minimum Gasteiger partial charge on any atom is -0.480 e. The van der Waals surface area contributed by atoms with Crippen molar-refractivity contribution in [3.63, 3.8) is 0 Å². The van der Waals surface area contributed by atoms with Gasteiger partial charge in [0.2, 0.25) is 0 Å². The molecule has 3 radical (unpaired) electrons. The molecule has 4 aromatic rings. The van der Waals surface area contributed by atoms with Gasteiger partial charge in [-0.25, -0.2) is 4.79 Å². The molecular formula is C39H50BN2O7. The van der Waals surface area contributed by atoms with E-state index >= 15 is 0 Å². The second-order valence-corrected chi connectivity index (χ2v) is 10.8. The number of carbonyl (C=O) groups excluding carboxylic acids is 1. The molecule has 0 aromatic heterocycles. The smallest absolute Gasteiger partial charge is 0.328 e. The highest BCUT2D eigenvalue weighted by Crippen LogP contribution is 2.04. The number of carboxylic acid groups (broad SMARTS) is 1. The van der Waals surface area contributed by atoms with Gasteiger partial charge in [-0.3, -0.25) is 4.79 Å². The molecule has 0 spiro atoms. The Morgan fingerprint density at radius 1 is 0.694 bits per heavy atom. The van der Waals surface area contributed by atoms with Gasteiger partial charge in [-0.05, 0) is 41.7 Å². The van der Waals surface area contributed by atoms with Crippen LogP contribution < -0.4 is 10.6 Å². The molecule has 1 saturated heterocycles. The van der Waals surface area contributed by atoms with Gasteiger partial charge < -0.3 is 35.1 Å². The third-order valence-electron chi connectivity index (χ3n) is 6.95. The van der Waals surface area contributed by atoms with E-state index in [4.69, 9.17) is 14.2 Å². The van der Waals surface area contributed by atoms with E-state index in [1.165, 1.54) is 18.4 Å². The minimum atomic E-state index is -1.13. The number of benzene rings is 4. The van der Waals surface area contributed by atoms with Crippen LogP contribution in [0.25, 0.3) is 0 Å². The predicted octanol–water partition coefficient (Wildman–Crippen LogP) is 5.49. The zero-order valence-corrected chi connectivity index (χ0v) is 27.3. The zero-order valence-electron chi connectivity index (χ0n) is 27.3. The second kappa shape index (κ2) is 26.6. The van der Waals surface area contributed by atoms with Crippen molar-refractivity contribution in [3.05, 3.63) is 144 Å². The summed E-state index contributed by atoms with van der Waals surface area (Å²) in [6.45, 7) is 4.08. The number of hydrogen-bond donors (Lipinski definition) is 4. The lowest BCUT2D eigenvalue weighted by Crippen LogP contribution is -2.44. The van der Waals surface area contributed by atoms with Crippen molar-refractivity contribution in [2.75, 3.05) is 33.0 Å². The van der Waals surface area contributed by atoms with E-state index in [1.807, 2.05) is 78.9 Å². The van der Waals surface area contributed by atoms with E-state index in [2.05, 4.69) is 22.8 Å². The number of amides is 1. The first-order chi connectivity index (χ1) is 23.0. The molecule has 1 fully saturated rings. The van der Waals surface area contributed by atoms with E-state index in [0.717, 1.165) is 30.9 Å². The summed E-state index contributed by atoms with van der Waals surface area (Å²) < 4.78 is 16.0. The summed E-state index contributed by atoms with van der Waals surface area (Å²) in [6.07, 6.45) is 2.56. The summed E-state index contributed by atoms with van der Waals surface area (Å²) >= 11 is 0. The fourth-order valence-corrected chi connectivity index (χ4v) is 4.31. The van der Waals surface area contributed by atoms with Gasteiger partial charge in [-0.2, -0.15) is 0 Å². The van der Waals surface area contributed by atoms with Crippen molar-refractivity contribution >= 4 is 20.3 Å². The fourth-order valence-electron chi connectivity index (χ4n) is 4.31. The van der Waals surface area contributed by atoms with Crippen LogP contribution in [-0.4, -0.2) is 75.6 Å². The van der Waals surface area contributed by atoms with Gasteiger partial charge in [0.1, 0.15) is 0 Å². The molecular weight excluding hydrogens is 619 g/mol. The van der Waals surface area contributed by atoms with Crippen LogP contribution in [0.4, 0.5) is 0 Å². The number of carboxylic acids is 1. The van der Waals surface area contributed by atoms with Gasteiger partial charge in [-0.15, -0.1) is 0 Å². The maximum atomic E-state index is 12.0. The Morgan fingerprint density at radius 3 is 1.57 bits per heavy atom. The highest BCUT2D eigenvalue weighted by molar-refractivity contribution is 5.96. The molecule has 1 aliphatic heterocycles. The molecule has 10 heteroatoms. The summed E-state index contributed by atoms with van der Waals surface area (Å²) in [5.41, 5.74) is 3.71. The first kappa shape index (κ1) is 42.7. The zero-order chi connectivity index (χ0) is 33.4. The van der Waals surface area contributed by atoms with Gasteiger partial charge >= 0.3 is 5.97 Å². The molecule has 1 aliphatic rings. The number of aliphatic carboxylic acids is 1. The Balaban J connectivity index is 0.000000414. The van der Waals surface area contributed by atoms with Crippen molar-refractivity contribution < 1.29 is 34.0 Å². The Bertz CT molecular complexity index is 1370. The molecule has 0 saturated carbocycles. The van der Waals surface area contributed by atoms with Gasteiger partial charge in [0.05, 0.1) is 39.1 Å². The molecule has 49 heavy (non-hydrogen) atoms. The van der Waals surface area contributed by atoms with Crippen LogP contribution in [0.3, 0.4) is 0 Å².